The van der Waals surface area contributed by atoms with E-state index in [2.05, 4.69) is 21.1 Å². The van der Waals surface area contributed by atoms with Crippen LogP contribution in [-0.2, 0) is 10.0 Å². The molecule has 22 heavy (non-hydrogen) atoms. The molecule has 1 heterocycles. The molecule has 1 aliphatic heterocycles. The van der Waals surface area contributed by atoms with E-state index in [4.69, 9.17) is 0 Å². The second-order valence-electron chi connectivity index (χ2n) is 5.46. The molecule has 0 bridgehead atoms. The first-order chi connectivity index (χ1) is 10.5. The summed E-state index contributed by atoms with van der Waals surface area (Å²) in [4.78, 5) is 4.18. The van der Waals surface area contributed by atoms with Gasteiger partial charge in [0.05, 0.1) is 5.69 Å². The van der Waals surface area contributed by atoms with Gasteiger partial charge in [0.1, 0.15) is 10.7 Å². The molecule has 3 rings (SSSR count). The second kappa shape index (κ2) is 6.08. The molecule has 1 aromatic carbocycles. The number of fused-ring (bicyclic) bond motifs is 1. The van der Waals surface area contributed by atoms with E-state index in [0.29, 0.717) is 12.2 Å². The highest BCUT2D eigenvalue weighted by Crippen LogP contribution is 2.25. The van der Waals surface area contributed by atoms with Crippen LogP contribution in [0.4, 0.5) is 10.1 Å². The molecule has 118 valence electrons. The zero-order valence-corrected chi connectivity index (χ0v) is 12.9. The summed E-state index contributed by atoms with van der Waals surface area (Å²) >= 11 is 0. The number of hydrogen-bond donors (Lipinski definition) is 2. The molecule has 0 saturated heterocycles. The van der Waals surface area contributed by atoms with Gasteiger partial charge in [0, 0.05) is 6.54 Å². The number of anilines is 1. The maximum Gasteiger partial charge on any atom is 0.266 e. The lowest BCUT2D eigenvalue weighted by Crippen LogP contribution is -2.40. The Balaban J connectivity index is 1.73. The highest BCUT2D eigenvalue weighted by molar-refractivity contribution is 7.90. The molecule has 1 aromatic rings. The SMILES string of the molecule is O=S1(=O)NC(=NCCC2=CCCCC2)Nc2ccc(F)cc21. The van der Waals surface area contributed by atoms with Gasteiger partial charge in [-0.15, -0.1) is 0 Å². The van der Waals surface area contributed by atoms with Gasteiger partial charge in [-0.25, -0.2) is 17.5 Å². The smallest absolute Gasteiger partial charge is 0.266 e. The topological polar surface area (TPSA) is 70.6 Å². The fourth-order valence-electron chi connectivity index (χ4n) is 2.67. The van der Waals surface area contributed by atoms with Crippen molar-refractivity contribution in [2.24, 2.45) is 4.99 Å². The Morgan fingerprint density at radius 3 is 2.91 bits per heavy atom. The minimum atomic E-state index is -3.77. The summed E-state index contributed by atoms with van der Waals surface area (Å²) in [5.41, 5.74) is 1.73. The van der Waals surface area contributed by atoms with Crippen molar-refractivity contribution in [1.29, 1.82) is 0 Å². The Hall–Kier alpha value is -1.89. The highest BCUT2D eigenvalue weighted by Gasteiger charge is 2.26. The van der Waals surface area contributed by atoms with E-state index < -0.39 is 15.8 Å². The Kier molecular flexibility index (Phi) is 4.15. The predicted molar refractivity (Wildman–Crippen MR) is 83.8 cm³/mol. The number of nitrogens with zero attached hydrogens (tertiary/aromatic N) is 1. The van der Waals surface area contributed by atoms with Crippen LogP contribution in [0, 0.1) is 5.82 Å². The number of nitrogens with one attached hydrogen (secondary N) is 2. The number of halogens is 1. The van der Waals surface area contributed by atoms with Gasteiger partial charge in [0.25, 0.3) is 10.0 Å². The minimum absolute atomic E-state index is 0.0959. The van der Waals surface area contributed by atoms with Gasteiger partial charge in [0.2, 0.25) is 5.96 Å². The molecule has 2 aliphatic rings. The normalized spacial score (nSPS) is 21.5. The quantitative estimate of drug-likeness (QED) is 0.840. The van der Waals surface area contributed by atoms with Crippen LogP contribution in [0.2, 0.25) is 0 Å². The summed E-state index contributed by atoms with van der Waals surface area (Å²) in [7, 11) is -3.77. The standard InChI is InChI=1S/C15H18FN3O2S/c16-12-6-7-13-14(10-12)22(20,21)19-15(18-13)17-9-8-11-4-2-1-3-5-11/h4,6-7,10H,1-3,5,8-9H2,(H2,17,18,19). The van der Waals surface area contributed by atoms with Crippen LogP contribution in [0.3, 0.4) is 0 Å². The van der Waals surface area contributed by atoms with Gasteiger partial charge in [-0.3, -0.25) is 4.99 Å². The monoisotopic (exact) mass is 323 g/mol. The Bertz CT molecular complexity index is 741. The van der Waals surface area contributed by atoms with Gasteiger partial charge in [0.15, 0.2) is 0 Å². The summed E-state index contributed by atoms with van der Waals surface area (Å²) in [6.07, 6.45) is 7.77. The van der Waals surface area contributed by atoms with Crippen molar-refractivity contribution >= 4 is 21.7 Å². The van der Waals surface area contributed by atoms with Crippen molar-refractivity contribution in [1.82, 2.24) is 4.72 Å². The summed E-state index contributed by atoms with van der Waals surface area (Å²) in [6.45, 7) is 0.521. The zero-order valence-electron chi connectivity index (χ0n) is 12.1. The van der Waals surface area contributed by atoms with E-state index in [1.165, 1.54) is 30.5 Å². The molecule has 1 aliphatic carbocycles. The minimum Gasteiger partial charge on any atom is -0.324 e. The van der Waals surface area contributed by atoms with Gasteiger partial charge in [-0.1, -0.05) is 11.6 Å². The molecule has 0 fully saturated rings. The molecule has 5 nitrogen and oxygen atoms in total. The lowest BCUT2D eigenvalue weighted by atomic mass is 9.97. The number of sulfonamides is 1. The van der Waals surface area contributed by atoms with E-state index in [9.17, 15) is 12.8 Å². The molecule has 0 saturated carbocycles. The zero-order chi connectivity index (χ0) is 15.6. The molecule has 0 aromatic heterocycles. The van der Waals surface area contributed by atoms with Gasteiger partial charge in [-0.2, -0.15) is 0 Å². The van der Waals surface area contributed by atoms with Crippen molar-refractivity contribution in [2.75, 3.05) is 11.9 Å². The average molecular weight is 323 g/mol. The largest absolute Gasteiger partial charge is 0.324 e. The molecular weight excluding hydrogens is 305 g/mol. The van der Waals surface area contributed by atoms with E-state index in [1.54, 1.807) is 0 Å². The average Bonchev–Trinajstić information content (AvgIpc) is 2.49. The van der Waals surface area contributed by atoms with Crippen LogP contribution in [0.5, 0.6) is 0 Å². The van der Waals surface area contributed by atoms with E-state index in [1.807, 2.05) is 0 Å². The van der Waals surface area contributed by atoms with Crippen LogP contribution in [0.1, 0.15) is 32.1 Å². The third-order valence-corrected chi connectivity index (χ3v) is 5.18. The molecule has 0 atom stereocenters. The van der Waals surface area contributed by atoms with Crippen LogP contribution < -0.4 is 10.0 Å². The summed E-state index contributed by atoms with van der Waals surface area (Å²) in [5.74, 6) is -0.397. The van der Waals surface area contributed by atoms with Gasteiger partial charge >= 0.3 is 0 Å². The first-order valence-corrected chi connectivity index (χ1v) is 8.85. The maximum atomic E-state index is 13.2. The fraction of sp³-hybridized carbons (Fsp3) is 0.400. The molecule has 0 unspecified atom stereocenters. The lowest BCUT2D eigenvalue weighted by molar-refractivity contribution is 0.586. The first-order valence-electron chi connectivity index (χ1n) is 7.36. The molecule has 0 amide bonds. The lowest BCUT2D eigenvalue weighted by Gasteiger charge is -2.21. The van der Waals surface area contributed by atoms with Gasteiger partial charge < -0.3 is 5.32 Å². The number of hydrogen-bond acceptors (Lipinski definition) is 3. The molecule has 7 heteroatoms. The van der Waals surface area contributed by atoms with E-state index in [0.717, 1.165) is 25.3 Å². The second-order valence-corrected chi connectivity index (χ2v) is 7.11. The third-order valence-electron chi connectivity index (χ3n) is 3.81. The predicted octanol–water partition coefficient (Wildman–Crippen LogP) is 2.78. The first kappa shape index (κ1) is 15.0. The van der Waals surface area contributed by atoms with Crippen molar-refractivity contribution in [3.8, 4) is 0 Å². The molecule has 0 radical (unpaired) electrons. The van der Waals surface area contributed by atoms with Crippen LogP contribution in [0.15, 0.2) is 39.7 Å². The number of benzene rings is 1. The van der Waals surface area contributed by atoms with Crippen LogP contribution in [0.25, 0.3) is 0 Å². The number of guanidine groups is 1. The van der Waals surface area contributed by atoms with Crippen molar-refractivity contribution in [3.63, 3.8) is 0 Å². The molecule has 2 N–H and O–H groups in total. The van der Waals surface area contributed by atoms with Crippen LogP contribution in [-0.4, -0.2) is 20.9 Å². The maximum absolute atomic E-state index is 13.2. The van der Waals surface area contributed by atoms with Gasteiger partial charge in [-0.05, 0) is 50.3 Å². The number of aliphatic imine (C=N–C) groups is 1. The van der Waals surface area contributed by atoms with E-state index >= 15 is 0 Å². The Labute approximate surface area is 129 Å². The summed E-state index contributed by atoms with van der Waals surface area (Å²) in [6, 6.07) is 3.62. The number of allylic oxidation sites excluding steroid dienone is 1. The Morgan fingerprint density at radius 1 is 1.27 bits per heavy atom. The van der Waals surface area contributed by atoms with Crippen molar-refractivity contribution in [3.05, 3.63) is 35.7 Å². The van der Waals surface area contributed by atoms with Crippen molar-refractivity contribution in [2.45, 2.75) is 37.0 Å². The number of rotatable bonds is 3. The molecule has 0 spiro atoms. The third kappa shape index (κ3) is 3.30. The summed E-state index contributed by atoms with van der Waals surface area (Å²) in [5, 5.41) is 2.89. The van der Waals surface area contributed by atoms with Crippen molar-refractivity contribution < 1.29 is 12.8 Å². The fourth-order valence-corrected chi connectivity index (χ4v) is 3.83. The van der Waals surface area contributed by atoms with E-state index in [-0.39, 0.29) is 10.9 Å². The summed E-state index contributed by atoms with van der Waals surface area (Å²) < 4.78 is 39.7. The highest BCUT2D eigenvalue weighted by atomic mass is 32.2. The Morgan fingerprint density at radius 2 is 2.14 bits per heavy atom. The molecular formula is C15H18FN3O2S. The van der Waals surface area contributed by atoms with Crippen LogP contribution >= 0.6 is 0 Å².